The van der Waals surface area contributed by atoms with Crippen molar-refractivity contribution in [2.75, 3.05) is 7.11 Å². The van der Waals surface area contributed by atoms with Crippen molar-refractivity contribution < 1.29 is 19.4 Å². The molecule has 0 bridgehead atoms. The minimum absolute atomic E-state index is 0.0239. The number of benzene rings is 2. The summed E-state index contributed by atoms with van der Waals surface area (Å²) in [5.74, 6) is 1.12. The molecule has 1 N–H and O–H groups in total. The number of unbranched alkanes of at least 4 members (excludes halogenated alkanes) is 1. The molecule has 28 heavy (non-hydrogen) atoms. The second-order valence-corrected chi connectivity index (χ2v) is 6.54. The van der Waals surface area contributed by atoms with Crippen LogP contribution in [0.15, 0.2) is 48.4 Å². The van der Waals surface area contributed by atoms with Gasteiger partial charge in [-0.1, -0.05) is 0 Å². The van der Waals surface area contributed by atoms with Gasteiger partial charge < -0.3 is 19.1 Å². The molecule has 4 rings (SSSR count). The number of nitrogens with zero attached hydrogens (tertiary/aromatic N) is 2. The Balaban J connectivity index is 1.77. The van der Waals surface area contributed by atoms with Gasteiger partial charge in [-0.05, 0) is 48.9 Å². The Hall–Kier alpha value is -3.72. The van der Waals surface area contributed by atoms with E-state index in [2.05, 4.69) is 10.6 Å². The minimum Gasteiger partial charge on any atom is -0.508 e. The second kappa shape index (κ2) is 7.12. The summed E-state index contributed by atoms with van der Waals surface area (Å²) in [5.41, 5.74) is 2.17. The number of ether oxygens (including phenoxy) is 2. The Morgan fingerprint density at radius 1 is 1.29 bits per heavy atom. The zero-order chi connectivity index (χ0) is 19.7. The number of phenols is 1. The third kappa shape index (κ3) is 3.08. The van der Waals surface area contributed by atoms with E-state index in [9.17, 15) is 9.90 Å². The zero-order valence-electron chi connectivity index (χ0n) is 15.3. The molecule has 6 heteroatoms. The van der Waals surface area contributed by atoms with E-state index in [1.54, 1.807) is 19.3 Å². The fourth-order valence-corrected chi connectivity index (χ4v) is 3.38. The number of ketones is 1. The van der Waals surface area contributed by atoms with Crippen molar-refractivity contribution >= 4 is 22.8 Å². The lowest BCUT2D eigenvalue weighted by Gasteiger charge is -2.04. The first kappa shape index (κ1) is 17.7. The normalized spacial score (nSPS) is 14.1. The highest BCUT2D eigenvalue weighted by atomic mass is 16.5. The Morgan fingerprint density at radius 3 is 2.93 bits per heavy atom. The third-order valence-corrected chi connectivity index (χ3v) is 4.74. The van der Waals surface area contributed by atoms with Crippen LogP contribution in [-0.2, 0) is 6.54 Å². The lowest BCUT2D eigenvalue weighted by molar-refractivity contribution is 0.101. The standard InChI is InChI=1S/C22H18N2O4/c1-27-16-5-6-19-17(12-16)14(13-24(19)9-3-2-8-23)10-21-22(26)18-11-15(25)4-7-20(18)28-21/h4-7,10-13,25H,2-3,9H2,1H3/b21-10-. The fourth-order valence-electron chi connectivity index (χ4n) is 3.38. The number of methoxy groups -OCH3 is 1. The summed E-state index contributed by atoms with van der Waals surface area (Å²) in [6, 6.07) is 12.4. The number of phenolic OH excluding ortho intramolecular Hbond substituents is 1. The van der Waals surface area contributed by atoms with Gasteiger partial charge in [-0.25, -0.2) is 0 Å². The second-order valence-electron chi connectivity index (χ2n) is 6.54. The van der Waals surface area contributed by atoms with Crippen LogP contribution in [0.25, 0.3) is 17.0 Å². The third-order valence-electron chi connectivity index (χ3n) is 4.74. The molecule has 0 unspecified atom stereocenters. The van der Waals surface area contributed by atoms with E-state index >= 15 is 0 Å². The highest BCUT2D eigenvalue weighted by Gasteiger charge is 2.28. The summed E-state index contributed by atoms with van der Waals surface area (Å²) in [5, 5.41) is 19.4. The lowest BCUT2D eigenvalue weighted by Crippen LogP contribution is -1.98. The fraction of sp³-hybridized carbons (Fsp3) is 0.182. The van der Waals surface area contributed by atoms with Crippen molar-refractivity contribution in [1.82, 2.24) is 4.57 Å². The predicted octanol–water partition coefficient (Wildman–Crippen LogP) is 4.28. The number of nitriles is 1. The van der Waals surface area contributed by atoms with E-state index in [1.165, 1.54) is 12.1 Å². The van der Waals surface area contributed by atoms with Gasteiger partial charge in [0.05, 0.1) is 18.7 Å². The van der Waals surface area contributed by atoms with Crippen molar-refractivity contribution in [3.63, 3.8) is 0 Å². The van der Waals surface area contributed by atoms with Crippen LogP contribution < -0.4 is 9.47 Å². The SMILES string of the molecule is COc1ccc2c(c1)c(/C=C1\Oc3ccc(O)cc3C1=O)cn2CCCC#N. The molecule has 0 saturated heterocycles. The lowest BCUT2D eigenvalue weighted by atomic mass is 10.1. The number of Topliss-reactive ketones (excluding diaryl/α,β-unsaturated/α-hetero) is 1. The van der Waals surface area contributed by atoms with Crippen LogP contribution in [-0.4, -0.2) is 22.6 Å². The van der Waals surface area contributed by atoms with Crippen molar-refractivity contribution in [2.45, 2.75) is 19.4 Å². The van der Waals surface area contributed by atoms with Gasteiger partial charge in [0, 0.05) is 35.6 Å². The van der Waals surface area contributed by atoms with Crippen LogP contribution in [0.5, 0.6) is 17.2 Å². The predicted molar refractivity (Wildman–Crippen MR) is 104 cm³/mol. The van der Waals surface area contributed by atoms with Gasteiger partial charge in [0.2, 0.25) is 5.78 Å². The summed E-state index contributed by atoms with van der Waals surface area (Å²) in [6.45, 7) is 0.697. The number of aryl methyl sites for hydroxylation is 1. The summed E-state index contributed by atoms with van der Waals surface area (Å²) >= 11 is 0. The molecule has 0 fully saturated rings. The van der Waals surface area contributed by atoms with Crippen molar-refractivity contribution in [3.05, 3.63) is 59.5 Å². The van der Waals surface area contributed by atoms with Crippen LogP contribution in [0.1, 0.15) is 28.8 Å². The first-order valence-electron chi connectivity index (χ1n) is 8.92. The molecule has 2 aromatic carbocycles. The molecule has 140 valence electrons. The number of carbonyl (C=O) groups is 1. The maximum atomic E-state index is 12.7. The molecule has 6 nitrogen and oxygen atoms in total. The van der Waals surface area contributed by atoms with Gasteiger partial charge >= 0.3 is 0 Å². The summed E-state index contributed by atoms with van der Waals surface area (Å²) in [7, 11) is 1.61. The molecule has 1 aromatic heterocycles. The molecule has 1 aliphatic heterocycles. The van der Waals surface area contributed by atoms with E-state index in [0.717, 1.165) is 22.9 Å². The quantitative estimate of drug-likeness (QED) is 0.532. The molecular weight excluding hydrogens is 356 g/mol. The molecule has 0 spiro atoms. The Labute approximate surface area is 161 Å². The average molecular weight is 374 g/mol. The van der Waals surface area contributed by atoms with Gasteiger partial charge in [0.1, 0.15) is 17.2 Å². The monoisotopic (exact) mass is 374 g/mol. The molecule has 0 aliphatic carbocycles. The van der Waals surface area contributed by atoms with Crippen molar-refractivity contribution in [1.29, 1.82) is 5.26 Å². The topological polar surface area (TPSA) is 84.5 Å². The number of hydrogen-bond donors (Lipinski definition) is 1. The number of fused-ring (bicyclic) bond motifs is 2. The maximum Gasteiger partial charge on any atom is 0.232 e. The number of aromatic nitrogens is 1. The molecule has 2 heterocycles. The first-order chi connectivity index (χ1) is 13.6. The van der Waals surface area contributed by atoms with Gasteiger partial charge in [0.25, 0.3) is 0 Å². The highest BCUT2D eigenvalue weighted by molar-refractivity contribution is 6.15. The van der Waals surface area contributed by atoms with Gasteiger partial charge in [-0.15, -0.1) is 0 Å². The number of hydrogen-bond acceptors (Lipinski definition) is 5. The number of allylic oxidation sites excluding steroid dienone is 1. The summed E-state index contributed by atoms with van der Waals surface area (Å²) in [6.07, 6.45) is 4.88. The Kier molecular flexibility index (Phi) is 4.50. The van der Waals surface area contributed by atoms with Gasteiger partial charge in [0.15, 0.2) is 5.76 Å². The molecule has 0 saturated carbocycles. The molecule has 0 radical (unpaired) electrons. The maximum absolute atomic E-state index is 12.7. The molecule has 1 aliphatic rings. The highest BCUT2D eigenvalue weighted by Crippen LogP contribution is 2.35. The summed E-state index contributed by atoms with van der Waals surface area (Å²) in [4.78, 5) is 12.7. The van der Waals surface area contributed by atoms with E-state index < -0.39 is 0 Å². The van der Waals surface area contributed by atoms with Crippen LogP contribution in [0.3, 0.4) is 0 Å². The molecule has 3 aromatic rings. The molecular formula is C22H18N2O4. The van der Waals surface area contributed by atoms with Crippen molar-refractivity contribution in [3.8, 4) is 23.3 Å². The number of aromatic hydroxyl groups is 1. The number of carbonyl (C=O) groups excluding carboxylic acids is 1. The van der Waals surface area contributed by atoms with E-state index in [-0.39, 0.29) is 17.3 Å². The van der Waals surface area contributed by atoms with Crippen LogP contribution in [0.4, 0.5) is 0 Å². The Morgan fingerprint density at radius 2 is 2.14 bits per heavy atom. The Bertz CT molecular complexity index is 1150. The average Bonchev–Trinajstić information content (AvgIpc) is 3.20. The minimum atomic E-state index is -0.265. The zero-order valence-corrected chi connectivity index (χ0v) is 15.3. The van der Waals surface area contributed by atoms with Crippen LogP contribution in [0.2, 0.25) is 0 Å². The number of rotatable bonds is 5. The molecule has 0 atom stereocenters. The molecule has 0 amide bonds. The van der Waals surface area contributed by atoms with Crippen LogP contribution >= 0.6 is 0 Å². The summed E-state index contributed by atoms with van der Waals surface area (Å²) < 4.78 is 13.1. The van der Waals surface area contributed by atoms with E-state index in [4.69, 9.17) is 14.7 Å². The van der Waals surface area contributed by atoms with Gasteiger partial charge in [-0.2, -0.15) is 5.26 Å². The van der Waals surface area contributed by atoms with Crippen LogP contribution in [0, 0.1) is 11.3 Å². The van der Waals surface area contributed by atoms with Crippen molar-refractivity contribution in [2.24, 2.45) is 0 Å². The first-order valence-corrected chi connectivity index (χ1v) is 8.92. The van der Waals surface area contributed by atoms with Gasteiger partial charge in [-0.3, -0.25) is 4.79 Å². The van der Waals surface area contributed by atoms with E-state index in [0.29, 0.717) is 30.0 Å². The smallest absolute Gasteiger partial charge is 0.232 e. The van der Waals surface area contributed by atoms with E-state index in [1.807, 2.05) is 24.4 Å². The largest absolute Gasteiger partial charge is 0.508 e.